The maximum absolute atomic E-state index is 2.58. The van der Waals surface area contributed by atoms with Crippen LogP contribution < -0.4 is 51.4 Å². The van der Waals surface area contributed by atoms with E-state index in [1.807, 2.05) is 0 Å². The molecule has 0 aromatic carbocycles. The summed E-state index contributed by atoms with van der Waals surface area (Å²) in [5.41, 5.74) is 0. The Balaban J connectivity index is -0.000000180. The van der Waals surface area contributed by atoms with Gasteiger partial charge in [0.25, 0.3) is 0 Å². The predicted octanol–water partition coefficient (Wildman–Crippen LogP) is 2.43. The van der Waals surface area contributed by atoms with Crippen molar-refractivity contribution in [2.24, 2.45) is 0 Å². The second kappa shape index (κ2) is 4.68. The quantitative estimate of drug-likeness (QED) is 0.259. The second-order valence-electron chi connectivity index (χ2n) is 0.810. The molecule has 0 saturated carbocycles. The molecule has 0 aromatic heterocycles. The van der Waals surface area contributed by atoms with E-state index in [4.69, 9.17) is 0 Å². The molecule has 0 aromatic rings. The first-order valence-electron chi connectivity index (χ1n) is 0.857. The average molecular weight is 988 g/mol. The Hall–Kier alpha value is 6.68. The standard InChI is InChI=1S/6HI.K.Re.H/h6*1H;;;/q;;;;;;+1;+6;-1/p-6. The van der Waals surface area contributed by atoms with E-state index in [0.717, 1.165) is 0 Å². The molecule has 0 aliphatic heterocycles. The Morgan fingerprint density at radius 1 is 0.750 bits per heavy atom. The van der Waals surface area contributed by atoms with E-state index in [1.165, 1.54) is 0 Å². The van der Waals surface area contributed by atoms with E-state index >= 15 is 0 Å². The SMILES string of the molecule is [H-].[I][Re]([I])([I])([I])([I])[I].[K+]. The molecule has 0 aliphatic rings. The fourth-order valence-corrected chi connectivity index (χ4v) is 0. The molecule has 0 unspecified atom stereocenters. The van der Waals surface area contributed by atoms with Crippen LogP contribution in [0, 0.1) is 0 Å². The summed E-state index contributed by atoms with van der Waals surface area (Å²) >= 11 is 15.5. The van der Waals surface area contributed by atoms with Crippen LogP contribution in [-0.2, 0) is -8.59 Å². The van der Waals surface area contributed by atoms with Gasteiger partial charge in [0.2, 0.25) is 0 Å². The monoisotopic (exact) mass is 988 g/mol. The number of halogens is 6. The molecule has 0 aliphatic carbocycles. The topological polar surface area (TPSA) is 0 Å². The first-order valence-corrected chi connectivity index (χ1v) is 47.1. The van der Waals surface area contributed by atoms with E-state index in [2.05, 4.69) is 117 Å². The summed E-state index contributed by atoms with van der Waals surface area (Å²) in [5.74, 6) is 0. The van der Waals surface area contributed by atoms with Crippen LogP contribution in [0.4, 0.5) is 0 Å². The van der Waals surface area contributed by atoms with E-state index in [-0.39, 0.29) is 52.8 Å². The molecule has 8 heteroatoms. The zero-order valence-electron chi connectivity index (χ0n) is 4.65. The van der Waals surface area contributed by atoms with E-state index < -0.39 is -8.59 Å². The minimum Gasteiger partial charge on any atom is 1.00 e. The molecule has 51 valence electrons. The normalized spacial score (nSPS) is 20.2. The molecule has 0 spiro atoms. The summed E-state index contributed by atoms with van der Waals surface area (Å²) in [6, 6.07) is 0. The van der Waals surface area contributed by atoms with Gasteiger partial charge in [0.15, 0.2) is 0 Å². The van der Waals surface area contributed by atoms with Gasteiger partial charge in [-0.1, -0.05) is 0 Å². The Bertz CT molecular complexity index is 71.6. The van der Waals surface area contributed by atoms with Gasteiger partial charge in [0.1, 0.15) is 0 Å². The van der Waals surface area contributed by atoms with Crippen LogP contribution in [0.2, 0.25) is 0 Å². The van der Waals surface area contributed by atoms with Gasteiger partial charge in [-0.2, -0.15) is 0 Å². The number of hydrogen-bond donors (Lipinski definition) is 0. The van der Waals surface area contributed by atoms with Crippen LogP contribution in [0.5, 0.6) is 0 Å². The molecular weight excluding hydrogens is 987 g/mol. The molecule has 0 saturated heterocycles. The van der Waals surface area contributed by atoms with Crippen LogP contribution in [-0.4, -0.2) is 0 Å². The summed E-state index contributed by atoms with van der Waals surface area (Å²) in [4.78, 5) is 0. The van der Waals surface area contributed by atoms with Gasteiger partial charge in [-0.05, 0) is 0 Å². The number of hydrogen-bond acceptors (Lipinski definition) is 0. The summed E-state index contributed by atoms with van der Waals surface area (Å²) in [6.07, 6.45) is 0. The third kappa shape index (κ3) is 38.8. The zero-order valence-corrected chi connectivity index (χ0v) is 22.4. The third-order valence-corrected chi connectivity index (χ3v) is 0. The molecule has 0 fully saturated rings. The maximum Gasteiger partial charge on any atom is 1.00 e. The van der Waals surface area contributed by atoms with Crippen LogP contribution in [0.15, 0.2) is 0 Å². The molecular formula is HI6KRe. The summed E-state index contributed by atoms with van der Waals surface area (Å²) < 4.78 is -2.44. The van der Waals surface area contributed by atoms with Crippen LogP contribution >= 0.6 is 117 Å². The van der Waals surface area contributed by atoms with Crippen molar-refractivity contribution < 1.29 is 44.2 Å². The van der Waals surface area contributed by atoms with Gasteiger partial charge in [0, 0.05) is 0 Å². The van der Waals surface area contributed by atoms with Crippen molar-refractivity contribution in [3.8, 4) is 0 Å². The van der Waals surface area contributed by atoms with Crippen LogP contribution in [0.3, 0.4) is 0 Å². The molecule has 0 radical (unpaired) electrons. The Kier molecular flexibility index (Phi) is 9.99. The molecule has 0 amide bonds. The first kappa shape index (κ1) is 17.1. The molecule has 0 bridgehead atoms. The largest absolute Gasteiger partial charge is 1.00 e. The van der Waals surface area contributed by atoms with Crippen LogP contribution in [0.1, 0.15) is 1.43 Å². The fourth-order valence-electron chi connectivity index (χ4n) is 0. The summed E-state index contributed by atoms with van der Waals surface area (Å²) in [7, 11) is 0. The van der Waals surface area contributed by atoms with Crippen molar-refractivity contribution in [1.29, 1.82) is 0 Å². The van der Waals surface area contributed by atoms with E-state index in [1.54, 1.807) is 0 Å². The number of rotatable bonds is 0. The molecule has 0 nitrogen and oxygen atoms in total. The fraction of sp³-hybridized carbons (Fsp3) is 0. The van der Waals surface area contributed by atoms with Crippen molar-refractivity contribution in [1.82, 2.24) is 0 Å². The summed E-state index contributed by atoms with van der Waals surface area (Å²) in [5, 5.41) is 0. The Morgan fingerprint density at radius 2 is 0.750 bits per heavy atom. The smallest absolute Gasteiger partial charge is 1.00 e. The van der Waals surface area contributed by atoms with Gasteiger partial charge in [-0.15, -0.1) is 0 Å². The Labute approximate surface area is 155 Å². The third-order valence-electron chi connectivity index (χ3n) is 0. The van der Waals surface area contributed by atoms with Gasteiger partial charge >= 0.3 is 160 Å². The van der Waals surface area contributed by atoms with Crippen molar-refractivity contribution in [2.75, 3.05) is 0 Å². The molecule has 0 rings (SSSR count). The molecule has 0 N–H and O–H groups in total. The van der Waals surface area contributed by atoms with Crippen molar-refractivity contribution in [2.45, 2.75) is 0 Å². The maximum atomic E-state index is 2.58. The van der Waals surface area contributed by atoms with E-state index in [9.17, 15) is 0 Å². The minimum atomic E-state index is -2.44. The zero-order chi connectivity index (χ0) is 6.41. The average Bonchev–Trinajstić information content (AvgIpc) is 0.592. The van der Waals surface area contributed by atoms with Crippen molar-refractivity contribution >= 4 is 117 Å². The predicted molar refractivity (Wildman–Crippen MR) is 85.2 cm³/mol. The van der Waals surface area contributed by atoms with E-state index in [0.29, 0.717) is 0 Å². The van der Waals surface area contributed by atoms with Crippen molar-refractivity contribution in [3.63, 3.8) is 0 Å². The van der Waals surface area contributed by atoms with Gasteiger partial charge in [0.05, 0.1) is 0 Å². The van der Waals surface area contributed by atoms with Gasteiger partial charge in [-0.25, -0.2) is 0 Å². The van der Waals surface area contributed by atoms with Crippen molar-refractivity contribution in [3.05, 3.63) is 0 Å². The molecule has 8 heavy (non-hydrogen) atoms. The molecule has 0 heterocycles. The van der Waals surface area contributed by atoms with Gasteiger partial charge in [-0.3, -0.25) is 0 Å². The minimum absolute atomic E-state index is 0. The van der Waals surface area contributed by atoms with Gasteiger partial charge < -0.3 is 1.43 Å². The molecule has 0 atom stereocenters. The Morgan fingerprint density at radius 3 is 0.750 bits per heavy atom. The van der Waals surface area contributed by atoms with Crippen LogP contribution in [0.25, 0.3) is 0 Å². The first-order chi connectivity index (χ1) is 2.45. The summed E-state index contributed by atoms with van der Waals surface area (Å²) in [6.45, 7) is 0. The second-order valence-corrected chi connectivity index (χ2v) is 298.